The molecule has 3 N–H and O–H groups in total. The summed E-state index contributed by atoms with van der Waals surface area (Å²) < 4.78 is 35.6. The van der Waals surface area contributed by atoms with E-state index in [1.165, 1.54) is 4.90 Å². The minimum absolute atomic E-state index is 0.137. The maximum absolute atomic E-state index is 11.9. The number of nitrogens with one attached hydrogen (secondary N) is 1. The number of urea groups is 1. The molecule has 1 unspecified atom stereocenters. The van der Waals surface area contributed by atoms with E-state index in [0.29, 0.717) is 13.1 Å². The average molecular weight is 239 g/mol. The second-order valence-corrected chi connectivity index (χ2v) is 4.01. The van der Waals surface area contributed by atoms with Crippen LogP contribution >= 0.6 is 0 Å². The van der Waals surface area contributed by atoms with Crippen LogP contribution in [0.1, 0.15) is 13.3 Å². The Morgan fingerprint density at radius 1 is 1.50 bits per heavy atom. The molecule has 0 aromatic rings. The number of rotatable bonds is 2. The molecule has 1 saturated heterocycles. The predicted octanol–water partition coefficient (Wildman–Crippen LogP) is 0.927. The summed E-state index contributed by atoms with van der Waals surface area (Å²) in [5.74, 6) is 0.177. The average Bonchev–Trinajstić information content (AvgIpc) is 2.55. The number of alkyl halides is 3. The largest absolute Gasteiger partial charge is 0.405 e. The van der Waals surface area contributed by atoms with Gasteiger partial charge in [0.25, 0.3) is 0 Å². The molecule has 0 aromatic heterocycles. The summed E-state index contributed by atoms with van der Waals surface area (Å²) in [6.45, 7) is 1.40. The van der Waals surface area contributed by atoms with Crippen LogP contribution in [-0.4, -0.2) is 42.8 Å². The van der Waals surface area contributed by atoms with Crippen molar-refractivity contribution in [2.75, 3.05) is 19.6 Å². The fourth-order valence-corrected chi connectivity index (χ4v) is 1.78. The van der Waals surface area contributed by atoms with Crippen LogP contribution in [0.2, 0.25) is 0 Å². The lowest BCUT2D eigenvalue weighted by molar-refractivity contribution is -0.123. The maximum Gasteiger partial charge on any atom is 0.405 e. The fourth-order valence-electron chi connectivity index (χ4n) is 1.78. The lowest BCUT2D eigenvalue weighted by Gasteiger charge is -2.17. The van der Waals surface area contributed by atoms with Gasteiger partial charge in [-0.05, 0) is 5.92 Å². The van der Waals surface area contributed by atoms with Gasteiger partial charge in [0.1, 0.15) is 6.54 Å². The first-order chi connectivity index (χ1) is 7.33. The van der Waals surface area contributed by atoms with Crippen LogP contribution in [0, 0.1) is 5.92 Å². The SMILES string of the molecule is CCC1CN(C(=O)NCC(F)(F)F)C[C@@H]1N. The van der Waals surface area contributed by atoms with Crippen LogP contribution in [0.15, 0.2) is 0 Å². The minimum atomic E-state index is -4.37. The Kier molecular flexibility index (Phi) is 4.01. The number of likely N-dealkylation sites (tertiary alicyclic amines) is 1. The van der Waals surface area contributed by atoms with Crippen LogP contribution in [0.4, 0.5) is 18.0 Å². The topological polar surface area (TPSA) is 58.4 Å². The maximum atomic E-state index is 11.9. The molecular weight excluding hydrogens is 223 g/mol. The molecule has 16 heavy (non-hydrogen) atoms. The fraction of sp³-hybridized carbons (Fsp3) is 0.889. The zero-order valence-electron chi connectivity index (χ0n) is 9.05. The van der Waals surface area contributed by atoms with Gasteiger partial charge in [0, 0.05) is 19.1 Å². The molecule has 0 aliphatic carbocycles. The number of carbonyl (C=O) groups is 1. The summed E-state index contributed by atoms with van der Waals surface area (Å²) in [5, 5.41) is 1.84. The third-order valence-corrected chi connectivity index (χ3v) is 2.74. The highest BCUT2D eigenvalue weighted by atomic mass is 19.4. The van der Waals surface area contributed by atoms with Crippen molar-refractivity contribution in [3.8, 4) is 0 Å². The minimum Gasteiger partial charge on any atom is -0.329 e. The Hall–Kier alpha value is -0.980. The van der Waals surface area contributed by atoms with Crippen molar-refractivity contribution in [2.24, 2.45) is 11.7 Å². The van der Waals surface area contributed by atoms with E-state index in [9.17, 15) is 18.0 Å². The molecule has 2 atom stereocenters. The molecule has 1 aliphatic rings. The van der Waals surface area contributed by atoms with Crippen molar-refractivity contribution in [3.63, 3.8) is 0 Å². The van der Waals surface area contributed by atoms with Crippen LogP contribution in [-0.2, 0) is 0 Å². The Morgan fingerprint density at radius 3 is 2.56 bits per heavy atom. The number of carbonyl (C=O) groups excluding carboxylic acids is 1. The van der Waals surface area contributed by atoms with E-state index in [-0.39, 0.29) is 12.0 Å². The standard InChI is InChI=1S/C9H16F3N3O/c1-2-6-3-15(4-7(6)13)8(16)14-5-9(10,11)12/h6-7H,2-5,13H2,1H3,(H,14,16)/t6?,7-/m0/s1. The number of nitrogens with two attached hydrogens (primary N) is 1. The summed E-state index contributed by atoms with van der Waals surface area (Å²) >= 11 is 0. The third kappa shape index (κ3) is 3.55. The second kappa shape index (κ2) is 4.90. The van der Waals surface area contributed by atoms with Crippen molar-refractivity contribution in [2.45, 2.75) is 25.6 Å². The van der Waals surface area contributed by atoms with E-state index in [1.807, 2.05) is 12.2 Å². The van der Waals surface area contributed by atoms with E-state index in [4.69, 9.17) is 5.73 Å². The zero-order valence-corrected chi connectivity index (χ0v) is 9.05. The van der Waals surface area contributed by atoms with Crippen LogP contribution in [0.25, 0.3) is 0 Å². The Bertz CT molecular complexity index is 257. The molecule has 1 rings (SSSR count). The summed E-state index contributed by atoms with van der Waals surface area (Å²) in [5.41, 5.74) is 5.76. The zero-order chi connectivity index (χ0) is 12.3. The monoisotopic (exact) mass is 239 g/mol. The highest BCUT2D eigenvalue weighted by molar-refractivity contribution is 5.74. The van der Waals surface area contributed by atoms with E-state index in [0.717, 1.165) is 6.42 Å². The van der Waals surface area contributed by atoms with E-state index in [2.05, 4.69) is 0 Å². The lowest BCUT2D eigenvalue weighted by Crippen LogP contribution is -2.43. The van der Waals surface area contributed by atoms with Crippen LogP contribution in [0.3, 0.4) is 0 Å². The van der Waals surface area contributed by atoms with Gasteiger partial charge in [-0.15, -0.1) is 0 Å². The van der Waals surface area contributed by atoms with Crippen molar-refractivity contribution >= 4 is 6.03 Å². The third-order valence-electron chi connectivity index (χ3n) is 2.74. The quantitative estimate of drug-likeness (QED) is 0.753. The number of hydrogen-bond acceptors (Lipinski definition) is 2. The molecule has 0 bridgehead atoms. The van der Waals surface area contributed by atoms with Crippen molar-refractivity contribution in [1.29, 1.82) is 0 Å². The molecule has 1 fully saturated rings. The molecule has 0 saturated carbocycles. The summed E-state index contributed by atoms with van der Waals surface area (Å²) in [6, 6.07) is -0.828. The molecule has 4 nitrogen and oxygen atoms in total. The second-order valence-electron chi connectivity index (χ2n) is 4.01. The van der Waals surface area contributed by atoms with E-state index >= 15 is 0 Å². The Morgan fingerprint density at radius 2 is 2.12 bits per heavy atom. The first-order valence-corrected chi connectivity index (χ1v) is 5.18. The van der Waals surface area contributed by atoms with Gasteiger partial charge < -0.3 is 16.0 Å². The first-order valence-electron chi connectivity index (χ1n) is 5.18. The Balaban J connectivity index is 2.39. The van der Waals surface area contributed by atoms with Gasteiger partial charge in [0.2, 0.25) is 0 Å². The molecule has 2 amide bonds. The first kappa shape index (κ1) is 13.1. The van der Waals surface area contributed by atoms with Gasteiger partial charge in [-0.2, -0.15) is 13.2 Å². The summed E-state index contributed by atoms with van der Waals surface area (Å²) in [4.78, 5) is 12.7. The van der Waals surface area contributed by atoms with Gasteiger partial charge in [0.05, 0.1) is 0 Å². The highest BCUT2D eigenvalue weighted by Crippen LogP contribution is 2.18. The molecule has 1 heterocycles. The van der Waals surface area contributed by atoms with Crippen molar-refractivity contribution in [3.05, 3.63) is 0 Å². The van der Waals surface area contributed by atoms with Crippen LogP contribution in [0.5, 0.6) is 0 Å². The molecule has 0 aromatic carbocycles. The number of halogens is 3. The molecular formula is C9H16F3N3O. The predicted molar refractivity (Wildman–Crippen MR) is 52.8 cm³/mol. The van der Waals surface area contributed by atoms with Gasteiger partial charge in [-0.3, -0.25) is 0 Å². The molecule has 0 radical (unpaired) electrons. The number of hydrogen-bond donors (Lipinski definition) is 2. The highest BCUT2D eigenvalue weighted by Gasteiger charge is 2.34. The smallest absolute Gasteiger partial charge is 0.329 e. The summed E-state index contributed by atoms with van der Waals surface area (Å²) in [6.07, 6.45) is -3.55. The molecule has 0 spiro atoms. The van der Waals surface area contributed by atoms with Crippen LogP contribution < -0.4 is 11.1 Å². The normalized spacial score (nSPS) is 25.9. The molecule has 1 aliphatic heterocycles. The van der Waals surface area contributed by atoms with Gasteiger partial charge in [0.15, 0.2) is 0 Å². The molecule has 7 heteroatoms. The lowest BCUT2D eigenvalue weighted by atomic mass is 10.0. The van der Waals surface area contributed by atoms with Gasteiger partial charge in [-0.1, -0.05) is 13.3 Å². The number of amides is 2. The van der Waals surface area contributed by atoms with Crippen molar-refractivity contribution < 1.29 is 18.0 Å². The Labute approximate surface area is 92.0 Å². The molecule has 94 valence electrons. The van der Waals surface area contributed by atoms with E-state index in [1.54, 1.807) is 0 Å². The summed E-state index contributed by atoms with van der Waals surface area (Å²) in [7, 11) is 0. The van der Waals surface area contributed by atoms with Crippen molar-refractivity contribution in [1.82, 2.24) is 10.2 Å². The van der Waals surface area contributed by atoms with Gasteiger partial charge >= 0.3 is 12.2 Å². The van der Waals surface area contributed by atoms with Gasteiger partial charge in [-0.25, -0.2) is 4.79 Å². The van der Waals surface area contributed by atoms with E-state index < -0.39 is 18.8 Å². The number of nitrogens with zero attached hydrogens (tertiary/aromatic N) is 1.